The van der Waals surface area contributed by atoms with Gasteiger partial charge in [-0.2, -0.15) is 0 Å². The zero-order valence-electron chi connectivity index (χ0n) is 12.7. The highest BCUT2D eigenvalue weighted by molar-refractivity contribution is 5.90. The Labute approximate surface area is 121 Å². The molecule has 0 unspecified atom stereocenters. The lowest BCUT2D eigenvalue weighted by Crippen LogP contribution is -2.30. The quantitative estimate of drug-likeness (QED) is 0.655. The highest BCUT2D eigenvalue weighted by Crippen LogP contribution is 2.38. The Bertz CT molecular complexity index is 468. The van der Waals surface area contributed by atoms with Gasteiger partial charge in [0.15, 0.2) is 0 Å². The van der Waals surface area contributed by atoms with Crippen LogP contribution in [0.2, 0.25) is 0 Å². The Balaban J connectivity index is 1.88. The molecule has 0 atom stereocenters. The molecule has 1 aliphatic carbocycles. The number of hydrogen-bond acceptors (Lipinski definition) is 3. The molecule has 0 radical (unpaired) electrons. The summed E-state index contributed by atoms with van der Waals surface area (Å²) in [5, 5.41) is 0. The number of carbonyl (C=O) groups excluding carboxylic acids is 1. The third-order valence-electron chi connectivity index (χ3n) is 4.29. The molecule has 0 bridgehead atoms. The van der Waals surface area contributed by atoms with Crippen molar-refractivity contribution in [2.24, 2.45) is 11.3 Å². The second-order valence-electron chi connectivity index (χ2n) is 6.87. The van der Waals surface area contributed by atoms with Crippen LogP contribution in [0.4, 0.5) is 5.69 Å². The van der Waals surface area contributed by atoms with Crippen molar-refractivity contribution in [3.05, 3.63) is 29.8 Å². The van der Waals surface area contributed by atoms with E-state index in [2.05, 4.69) is 20.8 Å². The molecule has 1 saturated carbocycles. The van der Waals surface area contributed by atoms with E-state index in [0.29, 0.717) is 16.7 Å². The van der Waals surface area contributed by atoms with E-state index < -0.39 is 0 Å². The van der Waals surface area contributed by atoms with E-state index in [-0.39, 0.29) is 12.1 Å². The fourth-order valence-corrected chi connectivity index (χ4v) is 2.93. The third kappa shape index (κ3) is 3.75. The fourth-order valence-electron chi connectivity index (χ4n) is 2.93. The normalized spacial score (nSPS) is 23.4. The highest BCUT2D eigenvalue weighted by atomic mass is 16.5. The average Bonchev–Trinajstić information content (AvgIpc) is 2.38. The maximum atomic E-state index is 12.1. The standard InChI is InChI=1S/C17H25NO2/c1-17(2,3)13-7-9-15(10-8-13)20-16(19)12-5-4-6-14(18)11-12/h4-6,11,13,15H,7-10,18H2,1-3H3. The molecule has 2 rings (SSSR count). The first-order chi connectivity index (χ1) is 9.36. The minimum atomic E-state index is -0.253. The van der Waals surface area contributed by atoms with Crippen LogP contribution in [-0.4, -0.2) is 12.1 Å². The van der Waals surface area contributed by atoms with Gasteiger partial charge in [0.25, 0.3) is 0 Å². The lowest BCUT2D eigenvalue weighted by atomic mass is 9.72. The van der Waals surface area contributed by atoms with Crippen LogP contribution in [-0.2, 0) is 4.74 Å². The predicted molar refractivity (Wildman–Crippen MR) is 81.5 cm³/mol. The first-order valence-corrected chi connectivity index (χ1v) is 7.43. The molecule has 110 valence electrons. The molecule has 2 N–H and O–H groups in total. The van der Waals surface area contributed by atoms with Crippen LogP contribution >= 0.6 is 0 Å². The second kappa shape index (κ2) is 5.86. The van der Waals surface area contributed by atoms with Gasteiger partial charge < -0.3 is 10.5 Å². The van der Waals surface area contributed by atoms with Crippen LogP contribution in [0.3, 0.4) is 0 Å². The van der Waals surface area contributed by atoms with Gasteiger partial charge in [-0.1, -0.05) is 26.8 Å². The van der Waals surface area contributed by atoms with Gasteiger partial charge in [-0.15, -0.1) is 0 Å². The van der Waals surface area contributed by atoms with Gasteiger partial charge in [-0.25, -0.2) is 4.79 Å². The summed E-state index contributed by atoms with van der Waals surface area (Å²) >= 11 is 0. The fraction of sp³-hybridized carbons (Fsp3) is 0.588. The molecule has 1 aliphatic rings. The van der Waals surface area contributed by atoms with Crippen LogP contribution in [0.25, 0.3) is 0 Å². The van der Waals surface area contributed by atoms with Gasteiger partial charge in [-0.3, -0.25) is 0 Å². The largest absolute Gasteiger partial charge is 0.459 e. The Morgan fingerprint density at radius 2 is 1.85 bits per heavy atom. The Morgan fingerprint density at radius 1 is 1.20 bits per heavy atom. The Kier molecular flexibility index (Phi) is 4.36. The highest BCUT2D eigenvalue weighted by Gasteiger charge is 2.31. The van der Waals surface area contributed by atoms with E-state index in [9.17, 15) is 4.79 Å². The van der Waals surface area contributed by atoms with Gasteiger partial charge >= 0.3 is 5.97 Å². The number of esters is 1. The molecule has 0 amide bonds. The average molecular weight is 275 g/mol. The molecular weight excluding hydrogens is 250 g/mol. The maximum absolute atomic E-state index is 12.1. The third-order valence-corrected chi connectivity index (χ3v) is 4.29. The Hall–Kier alpha value is -1.51. The van der Waals surface area contributed by atoms with Crippen molar-refractivity contribution >= 4 is 11.7 Å². The van der Waals surface area contributed by atoms with Crippen molar-refractivity contribution in [3.8, 4) is 0 Å². The first-order valence-electron chi connectivity index (χ1n) is 7.43. The summed E-state index contributed by atoms with van der Waals surface area (Å²) in [6, 6.07) is 6.97. The zero-order chi connectivity index (χ0) is 14.8. The number of benzene rings is 1. The molecule has 3 nitrogen and oxygen atoms in total. The number of carbonyl (C=O) groups is 1. The molecule has 1 fully saturated rings. The molecule has 0 aromatic heterocycles. The minimum Gasteiger partial charge on any atom is -0.459 e. The molecule has 0 spiro atoms. The van der Waals surface area contributed by atoms with E-state index in [1.807, 2.05) is 0 Å². The number of hydrogen-bond donors (Lipinski definition) is 1. The van der Waals surface area contributed by atoms with E-state index in [4.69, 9.17) is 10.5 Å². The van der Waals surface area contributed by atoms with Crippen molar-refractivity contribution in [3.63, 3.8) is 0 Å². The number of ether oxygens (including phenoxy) is 1. The minimum absolute atomic E-state index is 0.0579. The van der Waals surface area contributed by atoms with Crippen LogP contribution in [0.1, 0.15) is 56.8 Å². The van der Waals surface area contributed by atoms with Crippen molar-refractivity contribution in [1.29, 1.82) is 0 Å². The summed E-state index contributed by atoms with van der Waals surface area (Å²) < 4.78 is 5.60. The number of nitrogens with two attached hydrogens (primary N) is 1. The van der Waals surface area contributed by atoms with Gasteiger partial charge in [0.1, 0.15) is 6.10 Å². The number of nitrogen functional groups attached to an aromatic ring is 1. The van der Waals surface area contributed by atoms with Crippen molar-refractivity contribution in [1.82, 2.24) is 0 Å². The van der Waals surface area contributed by atoms with Gasteiger partial charge in [0.05, 0.1) is 5.56 Å². The summed E-state index contributed by atoms with van der Waals surface area (Å²) in [5.74, 6) is 0.473. The van der Waals surface area contributed by atoms with E-state index in [1.54, 1.807) is 24.3 Å². The number of rotatable bonds is 2. The zero-order valence-corrected chi connectivity index (χ0v) is 12.7. The van der Waals surface area contributed by atoms with Gasteiger partial charge in [-0.05, 0) is 55.2 Å². The molecule has 20 heavy (non-hydrogen) atoms. The lowest BCUT2D eigenvalue weighted by Gasteiger charge is -2.36. The predicted octanol–water partition coefficient (Wildman–Crippen LogP) is 4.03. The van der Waals surface area contributed by atoms with Crippen molar-refractivity contribution in [2.75, 3.05) is 5.73 Å². The van der Waals surface area contributed by atoms with Gasteiger partial charge in [0, 0.05) is 5.69 Å². The summed E-state index contributed by atoms with van der Waals surface area (Å²) in [7, 11) is 0. The molecule has 3 heteroatoms. The Morgan fingerprint density at radius 3 is 2.40 bits per heavy atom. The summed E-state index contributed by atoms with van der Waals surface area (Å²) in [5.41, 5.74) is 7.18. The molecule has 0 saturated heterocycles. The molecular formula is C17H25NO2. The number of anilines is 1. The lowest BCUT2D eigenvalue weighted by molar-refractivity contribution is 0.00930. The van der Waals surface area contributed by atoms with E-state index in [1.165, 1.54) is 0 Å². The smallest absolute Gasteiger partial charge is 0.338 e. The SMILES string of the molecule is CC(C)(C)C1CCC(OC(=O)c2cccc(N)c2)CC1. The topological polar surface area (TPSA) is 52.3 Å². The molecule has 0 heterocycles. The molecule has 1 aromatic rings. The summed E-state index contributed by atoms with van der Waals surface area (Å²) in [6.45, 7) is 6.87. The first kappa shape index (κ1) is 14.9. The van der Waals surface area contributed by atoms with Crippen molar-refractivity contribution in [2.45, 2.75) is 52.6 Å². The van der Waals surface area contributed by atoms with E-state index >= 15 is 0 Å². The van der Waals surface area contributed by atoms with Crippen LogP contribution < -0.4 is 5.73 Å². The van der Waals surface area contributed by atoms with Crippen LogP contribution in [0.15, 0.2) is 24.3 Å². The molecule has 0 aliphatic heterocycles. The molecule has 1 aromatic carbocycles. The monoisotopic (exact) mass is 275 g/mol. The van der Waals surface area contributed by atoms with Crippen LogP contribution in [0.5, 0.6) is 0 Å². The summed E-state index contributed by atoms with van der Waals surface area (Å²) in [4.78, 5) is 12.1. The maximum Gasteiger partial charge on any atom is 0.338 e. The van der Waals surface area contributed by atoms with Crippen molar-refractivity contribution < 1.29 is 9.53 Å². The van der Waals surface area contributed by atoms with E-state index in [0.717, 1.165) is 31.6 Å². The summed E-state index contributed by atoms with van der Waals surface area (Å²) in [6.07, 6.45) is 4.27. The second-order valence-corrected chi connectivity index (χ2v) is 6.87. The van der Waals surface area contributed by atoms with Gasteiger partial charge in [0.2, 0.25) is 0 Å². The van der Waals surface area contributed by atoms with Crippen LogP contribution in [0, 0.1) is 11.3 Å².